The maximum Gasteiger partial charge on any atom is 0.261 e. The van der Waals surface area contributed by atoms with Gasteiger partial charge in [-0.05, 0) is 30.9 Å². The highest BCUT2D eigenvalue weighted by molar-refractivity contribution is 6.38. The zero-order chi connectivity index (χ0) is 12.7. The van der Waals surface area contributed by atoms with Crippen LogP contribution in [0, 0.1) is 5.92 Å². The van der Waals surface area contributed by atoms with Crippen molar-refractivity contribution in [3.8, 4) is 11.5 Å². The minimum Gasteiger partial charge on any atom is -0.334 e. The normalized spacial score (nSPS) is 16.8. The smallest absolute Gasteiger partial charge is 0.261 e. The third kappa shape index (κ3) is 2.11. The summed E-state index contributed by atoms with van der Waals surface area (Å²) >= 11 is 12.2. The van der Waals surface area contributed by atoms with Crippen molar-refractivity contribution in [3.05, 3.63) is 34.1 Å². The number of hydrogen-bond acceptors (Lipinski definition) is 4. The Balaban J connectivity index is 1.97. The van der Waals surface area contributed by atoms with Crippen molar-refractivity contribution in [3.63, 3.8) is 0 Å². The number of nitrogens with two attached hydrogens (primary N) is 1. The molecule has 4 nitrogen and oxygen atoms in total. The first-order valence-corrected chi connectivity index (χ1v) is 6.46. The number of nitrogens with zero attached hydrogens (tertiary/aromatic N) is 2. The van der Waals surface area contributed by atoms with Gasteiger partial charge >= 0.3 is 0 Å². The van der Waals surface area contributed by atoms with Gasteiger partial charge in [0.15, 0.2) is 5.82 Å². The summed E-state index contributed by atoms with van der Waals surface area (Å²) in [7, 11) is 0. The van der Waals surface area contributed by atoms with Crippen molar-refractivity contribution >= 4 is 23.2 Å². The Morgan fingerprint density at radius 2 is 1.94 bits per heavy atom. The Morgan fingerprint density at radius 1 is 1.28 bits per heavy atom. The first-order chi connectivity index (χ1) is 8.66. The lowest BCUT2D eigenvalue weighted by atomic mass is 10.2. The van der Waals surface area contributed by atoms with Crippen molar-refractivity contribution in [1.29, 1.82) is 0 Å². The molecule has 0 radical (unpaired) electrons. The van der Waals surface area contributed by atoms with E-state index in [0.29, 0.717) is 33.2 Å². The Kier molecular flexibility index (Phi) is 3.01. The summed E-state index contributed by atoms with van der Waals surface area (Å²) in [5.41, 5.74) is 6.57. The summed E-state index contributed by atoms with van der Waals surface area (Å²) in [6.07, 6.45) is 2.25. The average Bonchev–Trinajstić information content (AvgIpc) is 3.08. The predicted octanol–water partition coefficient (Wildman–Crippen LogP) is 3.45. The zero-order valence-corrected chi connectivity index (χ0v) is 10.9. The van der Waals surface area contributed by atoms with E-state index in [1.807, 2.05) is 0 Å². The van der Waals surface area contributed by atoms with Crippen LogP contribution >= 0.6 is 23.2 Å². The van der Waals surface area contributed by atoms with Crippen LogP contribution in [0.2, 0.25) is 10.0 Å². The molecule has 0 bridgehead atoms. The first kappa shape index (κ1) is 12.0. The van der Waals surface area contributed by atoms with Gasteiger partial charge in [-0.2, -0.15) is 4.98 Å². The molecule has 0 amide bonds. The molecule has 1 aromatic heterocycles. The SMILES string of the molecule is NC(c1noc(-c2c(Cl)cccc2Cl)n1)C1CC1. The van der Waals surface area contributed by atoms with E-state index in [-0.39, 0.29) is 6.04 Å². The highest BCUT2D eigenvalue weighted by Gasteiger charge is 2.33. The van der Waals surface area contributed by atoms with Crippen LogP contribution in [-0.4, -0.2) is 10.1 Å². The van der Waals surface area contributed by atoms with Crippen LogP contribution in [-0.2, 0) is 0 Å². The number of hydrogen-bond donors (Lipinski definition) is 1. The summed E-state index contributed by atoms with van der Waals surface area (Å²) in [6.45, 7) is 0. The van der Waals surface area contributed by atoms with E-state index >= 15 is 0 Å². The van der Waals surface area contributed by atoms with Crippen LogP contribution in [0.4, 0.5) is 0 Å². The first-order valence-electron chi connectivity index (χ1n) is 5.70. The van der Waals surface area contributed by atoms with E-state index < -0.39 is 0 Å². The molecule has 1 heterocycles. The lowest BCUT2D eigenvalue weighted by molar-refractivity contribution is 0.411. The van der Waals surface area contributed by atoms with Crippen molar-refractivity contribution in [2.75, 3.05) is 0 Å². The van der Waals surface area contributed by atoms with Gasteiger partial charge in [-0.1, -0.05) is 34.4 Å². The van der Waals surface area contributed by atoms with Crippen LogP contribution in [0.3, 0.4) is 0 Å². The van der Waals surface area contributed by atoms with Crippen LogP contribution in [0.5, 0.6) is 0 Å². The fourth-order valence-electron chi connectivity index (χ4n) is 1.84. The molecule has 0 aliphatic heterocycles. The molecule has 2 N–H and O–H groups in total. The molecule has 3 rings (SSSR count). The molecule has 18 heavy (non-hydrogen) atoms. The number of aromatic nitrogens is 2. The van der Waals surface area contributed by atoms with Gasteiger partial charge in [-0.15, -0.1) is 0 Å². The molecular weight excluding hydrogens is 273 g/mol. The van der Waals surface area contributed by atoms with E-state index in [1.165, 1.54) is 0 Å². The van der Waals surface area contributed by atoms with E-state index in [4.69, 9.17) is 33.5 Å². The molecule has 6 heteroatoms. The van der Waals surface area contributed by atoms with Gasteiger partial charge in [0.1, 0.15) is 0 Å². The van der Waals surface area contributed by atoms with Crippen molar-refractivity contribution < 1.29 is 4.52 Å². The van der Waals surface area contributed by atoms with E-state index in [2.05, 4.69) is 10.1 Å². The van der Waals surface area contributed by atoms with Gasteiger partial charge in [-0.3, -0.25) is 0 Å². The van der Waals surface area contributed by atoms with Crippen molar-refractivity contribution in [1.82, 2.24) is 10.1 Å². The van der Waals surface area contributed by atoms with Gasteiger partial charge in [-0.25, -0.2) is 0 Å². The molecule has 1 saturated carbocycles. The number of halogens is 2. The van der Waals surface area contributed by atoms with Gasteiger partial charge in [0.2, 0.25) is 0 Å². The molecule has 1 aliphatic carbocycles. The van der Waals surface area contributed by atoms with Gasteiger partial charge in [0, 0.05) is 0 Å². The van der Waals surface area contributed by atoms with E-state index in [1.54, 1.807) is 18.2 Å². The second-order valence-corrected chi connectivity index (χ2v) is 5.23. The third-order valence-corrected chi connectivity index (χ3v) is 3.68. The minimum absolute atomic E-state index is 0.163. The molecule has 1 aliphatic rings. The van der Waals surface area contributed by atoms with Crippen LogP contribution in [0.15, 0.2) is 22.7 Å². The zero-order valence-electron chi connectivity index (χ0n) is 9.44. The Labute approximate surface area is 114 Å². The molecule has 1 fully saturated rings. The Hall–Kier alpha value is -1.10. The minimum atomic E-state index is -0.163. The second kappa shape index (κ2) is 4.53. The van der Waals surface area contributed by atoms with Crippen LogP contribution in [0.25, 0.3) is 11.5 Å². The van der Waals surface area contributed by atoms with Crippen molar-refractivity contribution in [2.24, 2.45) is 11.7 Å². The molecule has 0 spiro atoms. The summed E-state index contributed by atoms with van der Waals surface area (Å²) < 4.78 is 5.20. The summed E-state index contributed by atoms with van der Waals surface area (Å²) in [6, 6.07) is 5.06. The monoisotopic (exact) mass is 283 g/mol. The molecule has 1 unspecified atom stereocenters. The fraction of sp³-hybridized carbons (Fsp3) is 0.333. The quantitative estimate of drug-likeness (QED) is 0.937. The maximum absolute atomic E-state index is 6.08. The average molecular weight is 284 g/mol. The lowest BCUT2D eigenvalue weighted by Gasteiger charge is -2.02. The molecule has 94 valence electrons. The largest absolute Gasteiger partial charge is 0.334 e. The Bertz CT molecular complexity index is 560. The van der Waals surface area contributed by atoms with Gasteiger partial charge in [0.25, 0.3) is 5.89 Å². The second-order valence-electron chi connectivity index (χ2n) is 4.42. The summed E-state index contributed by atoms with van der Waals surface area (Å²) in [4.78, 5) is 4.29. The topological polar surface area (TPSA) is 64.9 Å². The standard InChI is InChI=1S/C12H11Cl2N3O/c13-7-2-1-3-8(14)9(7)12-16-11(17-18-12)10(15)6-4-5-6/h1-3,6,10H,4-5,15H2. The molecular formula is C12H11Cl2N3O. The van der Waals surface area contributed by atoms with Crippen LogP contribution in [0.1, 0.15) is 24.7 Å². The van der Waals surface area contributed by atoms with E-state index in [9.17, 15) is 0 Å². The van der Waals surface area contributed by atoms with Crippen molar-refractivity contribution in [2.45, 2.75) is 18.9 Å². The maximum atomic E-state index is 6.08. The third-order valence-electron chi connectivity index (χ3n) is 3.05. The number of rotatable bonds is 3. The number of benzene rings is 1. The molecule has 1 aromatic carbocycles. The van der Waals surface area contributed by atoms with Gasteiger partial charge in [0.05, 0.1) is 21.7 Å². The van der Waals surface area contributed by atoms with E-state index in [0.717, 1.165) is 12.8 Å². The van der Waals surface area contributed by atoms with Crippen LogP contribution < -0.4 is 5.73 Å². The summed E-state index contributed by atoms with van der Waals surface area (Å²) in [5, 5.41) is 4.88. The molecule has 2 aromatic rings. The highest BCUT2D eigenvalue weighted by Crippen LogP contribution is 2.39. The Morgan fingerprint density at radius 3 is 2.56 bits per heavy atom. The molecule has 1 atom stereocenters. The summed E-state index contributed by atoms with van der Waals surface area (Å²) in [5.74, 6) is 1.30. The fourth-order valence-corrected chi connectivity index (χ4v) is 2.40. The lowest BCUT2D eigenvalue weighted by Crippen LogP contribution is -2.13. The highest BCUT2D eigenvalue weighted by atomic mass is 35.5. The van der Waals surface area contributed by atoms with Gasteiger partial charge < -0.3 is 10.3 Å². The predicted molar refractivity (Wildman–Crippen MR) is 69.4 cm³/mol. The molecule has 0 saturated heterocycles.